The van der Waals surface area contributed by atoms with Crippen molar-refractivity contribution in [1.82, 2.24) is 4.90 Å². The van der Waals surface area contributed by atoms with Crippen LogP contribution in [0.25, 0.3) is 5.57 Å². The van der Waals surface area contributed by atoms with E-state index in [2.05, 4.69) is 32.1 Å². The van der Waals surface area contributed by atoms with Gasteiger partial charge in [0.05, 0.1) is 13.2 Å². The number of hydrogen-bond donors (Lipinski definition) is 0. The average Bonchev–Trinajstić information content (AvgIpc) is 2.73. The lowest BCUT2D eigenvalue weighted by Crippen LogP contribution is -2.51. The van der Waals surface area contributed by atoms with E-state index in [1.807, 2.05) is 35.2 Å². The molecule has 1 amide bonds. The zero-order valence-corrected chi connectivity index (χ0v) is 17.5. The Morgan fingerprint density at radius 3 is 2.62 bits per heavy atom. The normalized spacial score (nSPS) is 20.8. The molecule has 152 valence electrons. The monoisotopic (exact) mass is 391 g/mol. The second kappa shape index (κ2) is 8.32. The van der Waals surface area contributed by atoms with Crippen molar-refractivity contribution in [2.24, 2.45) is 0 Å². The zero-order chi connectivity index (χ0) is 20.4. The third-order valence-electron chi connectivity index (χ3n) is 6.14. The smallest absolute Gasteiger partial charge is 0.410 e. The van der Waals surface area contributed by atoms with Crippen LogP contribution in [0, 0.1) is 13.8 Å². The fourth-order valence-electron chi connectivity index (χ4n) is 4.66. The minimum atomic E-state index is -0.193. The molecule has 0 aromatic heterocycles. The lowest BCUT2D eigenvalue weighted by molar-refractivity contribution is 0.0510. The van der Waals surface area contributed by atoms with Crippen LogP contribution in [0.3, 0.4) is 0 Å². The molecule has 2 aliphatic rings. The van der Waals surface area contributed by atoms with Crippen molar-refractivity contribution in [3.63, 3.8) is 0 Å². The number of hydrogen-bond acceptors (Lipinski definition) is 3. The van der Waals surface area contributed by atoms with Crippen molar-refractivity contribution in [1.29, 1.82) is 0 Å². The summed E-state index contributed by atoms with van der Waals surface area (Å²) in [6.07, 6.45) is 6.15. The lowest BCUT2D eigenvalue weighted by atomic mass is 9.82. The van der Waals surface area contributed by atoms with E-state index < -0.39 is 0 Å². The van der Waals surface area contributed by atoms with Gasteiger partial charge in [-0.05, 0) is 79.5 Å². The third kappa shape index (κ3) is 4.02. The summed E-state index contributed by atoms with van der Waals surface area (Å²) in [7, 11) is 1.71. The molecule has 1 saturated heterocycles. The first-order valence-corrected chi connectivity index (χ1v) is 10.4. The molecular weight excluding hydrogens is 362 g/mol. The van der Waals surface area contributed by atoms with Crippen molar-refractivity contribution in [3.05, 3.63) is 70.8 Å². The molecule has 2 aromatic rings. The number of carbonyl (C=O) groups excluding carboxylic acids is 1. The first-order chi connectivity index (χ1) is 14.1. The number of benzene rings is 2. The summed E-state index contributed by atoms with van der Waals surface area (Å²) >= 11 is 0. The van der Waals surface area contributed by atoms with Gasteiger partial charge in [0, 0.05) is 6.04 Å². The van der Waals surface area contributed by atoms with Gasteiger partial charge in [-0.2, -0.15) is 0 Å². The first-order valence-electron chi connectivity index (χ1n) is 10.4. The molecule has 0 radical (unpaired) electrons. The van der Waals surface area contributed by atoms with E-state index in [-0.39, 0.29) is 18.2 Å². The third-order valence-corrected chi connectivity index (χ3v) is 6.14. The molecule has 2 bridgehead atoms. The van der Waals surface area contributed by atoms with Gasteiger partial charge in [-0.1, -0.05) is 36.4 Å². The fraction of sp³-hybridized carbons (Fsp3) is 0.400. The zero-order valence-electron chi connectivity index (χ0n) is 17.5. The molecule has 2 heterocycles. The van der Waals surface area contributed by atoms with Gasteiger partial charge in [-0.3, -0.25) is 4.90 Å². The van der Waals surface area contributed by atoms with E-state index in [0.717, 1.165) is 42.6 Å². The molecule has 0 N–H and O–H groups in total. The molecule has 1 fully saturated rings. The maximum absolute atomic E-state index is 12.9. The molecule has 29 heavy (non-hydrogen) atoms. The Hall–Kier alpha value is -2.75. The van der Waals surface area contributed by atoms with Crippen LogP contribution < -0.4 is 4.74 Å². The number of amides is 1. The van der Waals surface area contributed by atoms with E-state index in [1.54, 1.807) is 7.11 Å². The molecule has 0 spiro atoms. The van der Waals surface area contributed by atoms with E-state index in [4.69, 9.17) is 9.47 Å². The molecule has 0 aliphatic carbocycles. The Balaban J connectivity index is 1.54. The summed E-state index contributed by atoms with van der Waals surface area (Å²) in [5, 5.41) is 0. The van der Waals surface area contributed by atoms with Crippen LogP contribution in [0.4, 0.5) is 4.79 Å². The Bertz CT molecular complexity index is 919. The largest absolute Gasteiger partial charge is 0.496 e. The van der Waals surface area contributed by atoms with Gasteiger partial charge < -0.3 is 9.47 Å². The number of carbonyl (C=O) groups is 1. The van der Waals surface area contributed by atoms with E-state index in [1.165, 1.54) is 16.7 Å². The summed E-state index contributed by atoms with van der Waals surface area (Å²) in [6.45, 7) is 4.54. The second-order valence-corrected chi connectivity index (χ2v) is 8.13. The van der Waals surface area contributed by atoms with Crippen molar-refractivity contribution >= 4 is 11.7 Å². The molecule has 2 atom stereocenters. The number of piperidine rings is 1. The predicted octanol–water partition coefficient (Wildman–Crippen LogP) is 5.66. The van der Waals surface area contributed by atoms with Gasteiger partial charge in [0.2, 0.25) is 0 Å². The van der Waals surface area contributed by atoms with Crippen LogP contribution in [0.5, 0.6) is 5.75 Å². The van der Waals surface area contributed by atoms with Gasteiger partial charge in [-0.25, -0.2) is 4.79 Å². The molecule has 2 unspecified atom stereocenters. The SMILES string of the molecule is COc1cc(C)c(C2=CC3CCCC(C2)N3C(=O)OCc2ccccc2)cc1C. The van der Waals surface area contributed by atoms with Crippen molar-refractivity contribution < 1.29 is 14.3 Å². The number of nitrogens with zero attached hydrogens (tertiary/aromatic N) is 1. The Morgan fingerprint density at radius 2 is 1.90 bits per heavy atom. The molecule has 4 nitrogen and oxygen atoms in total. The van der Waals surface area contributed by atoms with Gasteiger partial charge >= 0.3 is 6.09 Å². The summed E-state index contributed by atoms with van der Waals surface area (Å²) in [6, 6.07) is 14.5. The summed E-state index contributed by atoms with van der Waals surface area (Å²) in [5.74, 6) is 0.925. The number of ether oxygens (including phenoxy) is 2. The highest BCUT2D eigenvalue weighted by molar-refractivity contribution is 5.76. The van der Waals surface area contributed by atoms with Gasteiger partial charge in [0.15, 0.2) is 0 Å². The van der Waals surface area contributed by atoms with E-state index >= 15 is 0 Å². The quantitative estimate of drug-likeness (QED) is 0.675. The van der Waals surface area contributed by atoms with Crippen LogP contribution >= 0.6 is 0 Å². The van der Waals surface area contributed by atoms with Gasteiger partial charge in [0.25, 0.3) is 0 Å². The fourth-order valence-corrected chi connectivity index (χ4v) is 4.66. The highest BCUT2D eigenvalue weighted by atomic mass is 16.6. The van der Waals surface area contributed by atoms with Crippen molar-refractivity contribution in [2.45, 2.75) is 58.2 Å². The maximum atomic E-state index is 12.9. The molecule has 4 rings (SSSR count). The second-order valence-electron chi connectivity index (χ2n) is 8.13. The number of fused-ring (bicyclic) bond motifs is 2. The van der Waals surface area contributed by atoms with Crippen LogP contribution in [-0.2, 0) is 11.3 Å². The summed E-state index contributed by atoms with van der Waals surface area (Å²) < 4.78 is 11.1. The number of methoxy groups -OCH3 is 1. The Morgan fingerprint density at radius 1 is 1.10 bits per heavy atom. The molecule has 2 aromatic carbocycles. The first kappa shape index (κ1) is 19.6. The topological polar surface area (TPSA) is 38.8 Å². The summed E-state index contributed by atoms with van der Waals surface area (Å²) in [4.78, 5) is 14.9. The van der Waals surface area contributed by atoms with Crippen LogP contribution in [0.1, 0.15) is 47.9 Å². The standard InChI is InChI=1S/C25H29NO3/c1-17-13-24(28-3)18(2)12-23(17)20-14-21-10-7-11-22(15-20)26(21)25(27)29-16-19-8-5-4-6-9-19/h4-6,8-9,12-14,21-22H,7,10-11,15-16H2,1-3H3. The molecular formula is C25H29NO3. The Kier molecular flexibility index (Phi) is 5.61. The highest BCUT2D eigenvalue weighted by Gasteiger charge is 2.38. The summed E-state index contributed by atoms with van der Waals surface area (Å²) in [5.41, 5.74) is 6.00. The highest BCUT2D eigenvalue weighted by Crippen LogP contribution is 2.39. The average molecular weight is 392 g/mol. The maximum Gasteiger partial charge on any atom is 0.410 e. The predicted molar refractivity (Wildman–Crippen MR) is 115 cm³/mol. The number of rotatable bonds is 4. The molecule has 2 aliphatic heterocycles. The van der Waals surface area contributed by atoms with Crippen LogP contribution in [0.2, 0.25) is 0 Å². The van der Waals surface area contributed by atoms with E-state index in [9.17, 15) is 4.79 Å². The van der Waals surface area contributed by atoms with Gasteiger partial charge in [0.1, 0.15) is 12.4 Å². The lowest BCUT2D eigenvalue weighted by Gasteiger charge is -2.44. The van der Waals surface area contributed by atoms with Crippen LogP contribution in [0.15, 0.2) is 48.5 Å². The minimum Gasteiger partial charge on any atom is -0.496 e. The minimum absolute atomic E-state index is 0.114. The van der Waals surface area contributed by atoms with Gasteiger partial charge in [-0.15, -0.1) is 0 Å². The van der Waals surface area contributed by atoms with Crippen LogP contribution in [-0.4, -0.2) is 30.2 Å². The van der Waals surface area contributed by atoms with Crippen molar-refractivity contribution in [2.75, 3.05) is 7.11 Å². The van der Waals surface area contributed by atoms with E-state index in [0.29, 0.717) is 6.61 Å². The number of aryl methyl sites for hydroxylation is 2. The Labute approximate surface area is 173 Å². The van der Waals surface area contributed by atoms with Crippen molar-refractivity contribution in [3.8, 4) is 5.75 Å². The molecule has 0 saturated carbocycles. The molecule has 4 heteroatoms.